The van der Waals surface area contributed by atoms with E-state index in [0.717, 1.165) is 34.9 Å². The van der Waals surface area contributed by atoms with Crippen LogP contribution in [0.3, 0.4) is 0 Å². The standard InChI is InChI=1S/C17H11ClF3N5OS/c18-9-5-6-11(10(7-9)17(19,20)21)22-14(27)8-28-16-25-24-15-23-12-3-1-2-4-13(12)26(15)16/h1-7H,8H2,(H,22,27)(H,23,24). The molecule has 2 N–H and O–H groups in total. The largest absolute Gasteiger partial charge is 0.418 e. The van der Waals surface area contributed by atoms with Crippen molar-refractivity contribution in [3.63, 3.8) is 0 Å². The minimum absolute atomic E-state index is 0.0643. The van der Waals surface area contributed by atoms with Crippen molar-refractivity contribution >= 4 is 51.8 Å². The number of alkyl halides is 3. The van der Waals surface area contributed by atoms with Crippen LogP contribution in [-0.2, 0) is 11.0 Å². The summed E-state index contributed by atoms with van der Waals surface area (Å²) in [4.78, 5) is 16.6. The average molecular weight is 426 g/mol. The van der Waals surface area contributed by atoms with E-state index in [4.69, 9.17) is 11.6 Å². The Bertz CT molecular complexity index is 1190. The minimum Gasteiger partial charge on any atom is -0.325 e. The number of imidazole rings is 1. The highest BCUT2D eigenvalue weighted by molar-refractivity contribution is 7.99. The van der Waals surface area contributed by atoms with E-state index < -0.39 is 17.6 Å². The Morgan fingerprint density at radius 3 is 2.82 bits per heavy atom. The number of aromatic nitrogens is 4. The lowest BCUT2D eigenvalue weighted by molar-refractivity contribution is -0.137. The van der Waals surface area contributed by atoms with Gasteiger partial charge in [-0.1, -0.05) is 35.5 Å². The molecular formula is C17H11ClF3N5OS. The topological polar surface area (TPSA) is 75.1 Å². The normalized spacial score (nSPS) is 12.0. The van der Waals surface area contributed by atoms with E-state index in [1.807, 2.05) is 24.3 Å². The first kappa shape index (κ1) is 18.6. The van der Waals surface area contributed by atoms with Gasteiger partial charge in [-0.2, -0.15) is 13.2 Å². The van der Waals surface area contributed by atoms with Crippen LogP contribution in [0.1, 0.15) is 5.56 Å². The van der Waals surface area contributed by atoms with Crippen LogP contribution in [0, 0.1) is 0 Å². The van der Waals surface area contributed by atoms with Crippen molar-refractivity contribution in [2.75, 3.05) is 11.1 Å². The van der Waals surface area contributed by atoms with Gasteiger partial charge in [0.25, 0.3) is 0 Å². The number of anilines is 1. The van der Waals surface area contributed by atoms with E-state index in [9.17, 15) is 18.0 Å². The molecule has 0 atom stereocenters. The molecule has 0 aliphatic rings. The fourth-order valence-corrected chi connectivity index (χ4v) is 3.64. The van der Waals surface area contributed by atoms with E-state index in [1.165, 1.54) is 6.07 Å². The Kier molecular flexibility index (Phi) is 4.68. The molecule has 28 heavy (non-hydrogen) atoms. The second-order valence-electron chi connectivity index (χ2n) is 5.79. The molecule has 0 aliphatic carbocycles. The predicted molar refractivity (Wildman–Crippen MR) is 101 cm³/mol. The van der Waals surface area contributed by atoms with Crippen LogP contribution in [0.15, 0.2) is 47.6 Å². The van der Waals surface area contributed by atoms with E-state index >= 15 is 0 Å². The number of hydrogen-bond acceptors (Lipinski definition) is 4. The number of H-pyrrole nitrogens is 1. The Balaban J connectivity index is 1.52. The van der Waals surface area contributed by atoms with E-state index in [1.54, 1.807) is 4.40 Å². The summed E-state index contributed by atoms with van der Waals surface area (Å²) in [6, 6.07) is 10.6. The van der Waals surface area contributed by atoms with Gasteiger partial charge in [0.05, 0.1) is 28.0 Å². The van der Waals surface area contributed by atoms with Crippen LogP contribution < -0.4 is 5.32 Å². The Hall–Kier alpha value is -2.72. The molecule has 0 saturated carbocycles. The van der Waals surface area contributed by atoms with Gasteiger partial charge in [-0.25, -0.2) is 10.1 Å². The summed E-state index contributed by atoms with van der Waals surface area (Å²) < 4.78 is 41.2. The second-order valence-corrected chi connectivity index (χ2v) is 7.17. The van der Waals surface area contributed by atoms with Crippen molar-refractivity contribution in [1.82, 2.24) is 19.6 Å². The lowest BCUT2D eigenvalue weighted by atomic mass is 10.1. The van der Waals surface area contributed by atoms with Crippen LogP contribution in [0.4, 0.5) is 18.9 Å². The van der Waals surface area contributed by atoms with Gasteiger partial charge in [0, 0.05) is 5.02 Å². The molecule has 4 aromatic rings. The minimum atomic E-state index is -4.63. The van der Waals surface area contributed by atoms with Crippen LogP contribution in [0.2, 0.25) is 5.02 Å². The maximum atomic E-state index is 13.1. The molecule has 4 rings (SSSR count). The molecule has 0 fully saturated rings. The smallest absolute Gasteiger partial charge is 0.325 e. The Morgan fingerprint density at radius 2 is 2.04 bits per heavy atom. The highest BCUT2D eigenvalue weighted by Crippen LogP contribution is 2.36. The molecule has 0 unspecified atom stereocenters. The molecule has 0 saturated heterocycles. The fraction of sp³-hybridized carbons (Fsp3) is 0.118. The Labute approximate surface area is 165 Å². The lowest BCUT2D eigenvalue weighted by Crippen LogP contribution is -2.18. The van der Waals surface area contributed by atoms with Crippen LogP contribution in [-0.4, -0.2) is 31.2 Å². The van der Waals surface area contributed by atoms with Crippen LogP contribution in [0.5, 0.6) is 0 Å². The SMILES string of the molecule is O=C(CSc1n[nH]c2nc3ccccc3n12)Nc1ccc(Cl)cc1C(F)(F)F. The van der Waals surface area contributed by atoms with Gasteiger partial charge in [-0.05, 0) is 30.3 Å². The molecule has 11 heteroatoms. The summed E-state index contributed by atoms with van der Waals surface area (Å²) in [5.74, 6) is -0.216. The summed E-state index contributed by atoms with van der Waals surface area (Å²) in [6.45, 7) is 0. The number of thioether (sulfide) groups is 1. The van der Waals surface area contributed by atoms with Crippen LogP contribution in [0.25, 0.3) is 16.8 Å². The van der Waals surface area contributed by atoms with Crippen molar-refractivity contribution in [3.8, 4) is 0 Å². The van der Waals surface area contributed by atoms with E-state index in [-0.39, 0.29) is 16.5 Å². The van der Waals surface area contributed by atoms with Crippen molar-refractivity contribution in [1.29, 1.82) is 0 Å². The molecule has 144 valence electrons. The molecule has 0 bridgehead atoms. The van der Waals surface area contributed by atoms with E-state index in [2.05, 4.69) is 20.5 Å². The molecule has 6 nitrogen and oxygen atoms in total. The Morgan fingerprint density at radius 1 is 1.25 bits per heavy atom. The van der Waals surface area contributed by atoms with E-state index in [0.29, 0.717) is 10.9 Å². The first-order chi connectivity index (χ1) is 13.3. The highest BCUT2D eigenvalue weighted by atomic mass is 35.5. The van der Waals surface area contributed by atoms with Gasteiger partial charge in [0.15, 0.2) is 5.16 Å². The molecule has 0 radical (unpaired) electrons. The molecule has 1 amide bonds. The zero-order valence-electron chi connectivity index (χ0n) is 13.9. The number of aromatic amines is 1. The molecule has 2 aromatic carbocycles. The molecule has 0 aliphatic heterocycles. The highest BCUT2D eigenvalue weighted by Gasteiger charge is 2.34. The number of carbonyl (C=O) groups is 1. The zero-order chi connectivity index (χ0) is 19.9. The molecule has 2 aromatic heterocycles. The lowest BCUT2D eigenvalue weighted by Gasteiger charge is -2.14. The number of fused-ring (bicyclic) bond motifs is 3. The van der Waals surface area contributed by atoms with Gasteiger partial charge in [-0.3, -0.25) is 9.20 Å². The third kappa shape index (κ3) is 3.52. The van der Waals surface area contributed by atoms with Gasteiger partial charge in [0.1, 0.15) is 0 Å². The van der Waals surface area contributed by atoms with Gasteiger partial charge in [0.2, 0.25) is 11.7 Å². The summed E-state index contributed by atoms with van der Waals surface area (Å²) in [5, 5.41) is 9.58. The number of amides is 1. The number of rotatable bonds is 4. The number of benzene rings is 2. The number of carbonyl (C=O) groups excluding carboxylic acids is 1. The summed E-state index contributed by atoms with van der Waals surface area (Å²) >= 11 is 6.72. The van der Waals surface area contributed by atoms with Gasteiger partial charge >= 0.3 is 6.18 Å². The fourth-order valence-electron chi connectivity index (χ4n) is 2.72. The quantitative estimate of drug-likeness (QED) is 0.468. The first-order valence-electron chi connectivity index (χ1n) is 7.94. The average Bonchev–Trinajstić information content (AvgIpc) is 3.20. The maximum Gasteiger partial charge on any atom is 0.418 e. The number of halogens is 4. The number of nitrogens with zero attached hydrogens (tertiary/aromatic N) is 3. The predicted octanol–water partition coefficient (Wildman–Crippen LogP) is 4.61. The summed E-state index contributed by atoms with van der Waals surface area (Å²) in [5.41, 5.74) is 0.230. The monoisotopic (exact) mass is 425 g/mol. The third-order valence-electron chi connectivity index (χ3n) is 3.90. The first-order valence-corrected chi connectivity index (χ1v) is 9.30. The summed E-state index contributed by atoms with van der Waals surface area (Å²) in [6.07, 6.45) is -4.63. The molecule has 0 spiro atoms. The van der Waals surface area contributed by atoms with Crippen molar-refractivity contribution in [3.05, 3.63) is 53.1 Å². The number of para-hydroxylation sites is 2. The van der Waals surface area contributed by atoms with Gasteiger partial charge < -0.3 is 5.32 Å². The number of nitrogens with one attached hydrogen (secondary N) is 2. The zero-order valence-corrected chi connectivity index (χ0v) is 15.5. The third-order valence-corrected chi connectivity index (χ3v) is 5.07. The molecule has 2 heterocycles. The van der Waals surface area contributed by atoms with Crippen molar-refractivity contribution in [2.45, 2.75) is 11.3 Å². The van der Waals surface area contributed by atoms with Crippen molar-refractivity contribution in [2.24, 2.45) is 0 Å². The second kappa shape index (κ2) is 7.02. The van der Waals surface area contributed by atoms with Crippen LogP contribution >= 0.6 is 23.4 Å². The molecular weight excluding hydrogens is 415 g/mol. The number of hydrogen-bond donors (Lipinski definition) is 2. The summed E-state index contributed by atoms with van der Waals surface area (Å²) in [7, 11) is 0. The van der Waals surface area contributed by atoms with Gasteiger partial charge in [-0.15, -0.1) is 5.10 Å². The van der Waals surface area contributed by atoms with Crippen molar-refractivity contribution < 1.29 is 18.0 Å². The maximum absolute atomic E-state index is 13.1.